The summed E-state index contributed by atoms with van der Waals surface area (Å²) in [5, 5.41) is 3.94. The quantitative estimate of drug-likeness (QED) is 0.528. The average molecular weight is 541 g/mol. The Balaban J connectivity index is 0.00000192. The van der Waals surface area contributed by atoms with Gasteiger partial charge in [0.2, 0.25) is 0 Å². The van der Waals surface area contributed by atoms with E-state index in [0.29, 0.717) is 18.5 Å². The van der Waals surface area contributed by atoms with Gasteiger partial charge in [-0.2, -0.15) is 13.2 Å². The molecule has 4 aliphatic heterocycles. The zero-order valence-corrected chi connectivity index (χ0v) is 16.9. The van der Waals surface area contributed by atoms with E-state index in [0.717, 1.165) is 17.6 Å². The molecule has 0 fully saturated rings. The predicted octanol–water partition coefficient (Wildman–Crippen LogP) is 4.14. The Morgan fingerprint density at radius 1 is 1.07 bits per heavy atom. The molecule has 0 unspecified atom stereocenters. The van der Waals surface area contributed by atoms with E-state index in [1.165, 1.54) is 4.68 Å². The SMILES string of the molecule is CCC1(CC)[C-]2N3C=CC=CC3=C3C=CC=C(c4nc(C(F)(F)F)nn41)N32.[Tm]. The van der Waals surface area contributed by atoms with Crippen LogP contribution in [0, 0.1) is 43.0 Å². The summed E-state index contributed by atoms with van der Waals surface area (Å²) in [4.78, 5) is 8.00. The van der Waals surface area contributed by atoms with Crippen molar-refractivity contribution in [1.82, 2.24) is 24.6 Å². The molecule has 5 heterocycles. The first-order valence-corrected chi connectivity index (χ1v) is 8.92. The van der Waals surface area contributed by atoms with Crippen molar-refractivity contribution in [3.63, 3.8) is 0 Å². The third-order valence-corrected chi connectivity index (χ3v) is 5.63. The van der Waals surface area contributed by atoms with Crippen molar-refractivity contribution in [2.24, 2.45) is 0 Å². The molecule has 4 aliphatic rings. The largest absolute Gasteiger partial charge is 0.474 e. The van der Waals surface area contributed by atoms with Crippen LogP contribution >= 0.6 is 0 Å². The van der Waals surface area contributed by atoms with Crippen molar-refractivity contribution < 1.29 is 50.0 Å². The summed E-state index contributed by atoms with van der Waals surface area (Å²) in [6, 6.07) is 0. The number of halogens is 3. The summed E-state index contributed by atoms with van der Waals surface area (Å²) in [6.07, 6.45) is 11.0. The van der Waals surface area contributed by atoms with Crippen LogP contribution in [0.25, 0.3) is 5.70 Å². The van der Waals surface area contributed by atoms with Crippen LogP contribution in [0.5, 0.6) is 0 Å². The minimum atomic E-state index is -4.59. The number of nitrogens with zero attached hydrogens (tertiary/aromatic N) is 5. The minimum absolute atomic E-state index is 0. The van der Waals surface area contributed by atoms with Crippen LogP contribution in [0.4, 0.5) is 13.2 Å². The van der Waals surface area contributed by atoms with E-state index in [9.17, 15) is 13.2 Å². The Morgan fingerprint density at radius 3 is 2.46 bits per heavy atom. The molecule has 28 heavy (non-hydrogen) atoms. The normalized spacial score (nSPS) is 21.4. The van der Waals surface area contributed by atoms with E-state index in [1.54, 1.807) is 6.08 Å². The zero-order chi connectivity index (χ0) is 19.0. The molecule has 0 aliphatic carbocycles. The van der Waals surface area contributed by atoms with E-state index < -0.39 is 17.5 Å². The molecule has 0 atom stereocenters. The van der Waals surface area contributed by atoms with Gasteiger partial charge in [0, 0.05) is 48.3 Å². The molecule has 0 bridgehead atoms. The van der Waals surface area contributed by atoms with Crippen LogP contribution in [0.15, 0.2) is 54.1 Å². The van der Waals surface area contributed by atoms with Gasteiger partial charge in [-0.15, -0.1) is 11.3 Å². The molecular formula is C19H17F3N5Tm-. The van der Waals surface area contributed by atoms with Crippen LogP contribution in [0.2, 0.25) is 0 Å². The Hall–Kier alpha value is -1.54. The third kappa shape index (κ3) is 2.37. The molecule has 1 radical (unpaired) electrons. The molecule has 1 aromatic rings. The van der Waals surface area contributed by atoms with Crippen molar-refractivity contribution in [2.45, 2.75) is 38.4 Å². The van der Waals surface area contributed by atoms with Gasteiger partial charge in [-0.3, -0.25) is 4.68 Å². The van der Waals surface area contributed by atoms with Crippen LogP contribution in [0.1, 0.15) is 38.3 Å². The van der Waals surface area contributed by atoms with Gasteiger partial charge in [-0.05, 0) is 36.0 Å². The van der Waals surface area contributed by atoms with Gasteiger partial charge < -0.3 is 9.80 Å². The smallest absolute Gasteiger partial charge is 0.453 e. The van der Waals surface area contributed by atoms with E-state index in [4.69, 9.17) is 0 Å². The maximum atomic E-state index is 13.4. The van der Waals surface area contributed by atoms with Gasteiger partial charge in [0.15, 0.2) is 5.82 Å². The van der Waals surface area contributed by atoms with Gasteiger partial charge in [-0.25, -0.2) is 4.98 Å². The molecule has 0 N–H and O–H groups in total. The fourth-order valence-corrected chi connectivity index (χ4v) is 4.35. The molecule has 0 aromatic carbocycles. The first-order chi connectivity index (χ1) is 12.9. The number of alkyl halides is 3. The first kappa shape index (κ1) is 19.8. The fraction of sp³-hybridized carbons (Fsp3) is 0.316. The minimum Gasteiger partial charge on any atom is -0.474 e. The summed E-state index contributed by atoms with van der Waals surface area (Å²) in [7, 11) is 0. The van der Waals surface area contributed by atoms with Crippen molar-refractivity contribution in [3.05, 3.63) is 71.9 Å². The molecule has 5 nitrogen and oxygen atoms in total. The molecule has 5 rings (SSSR count). The van der Waals surface area contributed by atoms with Crippen molar-refractivity contribution in [2.75, 3.05) is 0 Å². The van der Waals surface area contributed by atoms with Gasteiger partial charge in [0.05, 0.1) is 5.70 Å². The molecule has 0 amide bonds. The number of allylic oxidation sites excluding steroid dienone is 6. The molecule has 9 heteroatoms. The summed E-state index contributed by atoms with van der Waals surface area (Å²) < 4.78 is 41.6. The van der Waals surface area contributed by atoms with Crippen molar-refractivity contribution >= 4 is 5.70 Å². The number of hydrogen-bond acceptors (Lipinski definition) is 4. The summed E-state index contributed by atoms with van der Waals surface area (Å²) >= 11 is 0. The van der Waals surface area contributed by atoms with Crippen molar-refractivity contribution in [1.29, 1.82) is 0 Å². The number of aromatic nitrogens is 3. The van der Waals surface area contributed by atoms with Gasteiger partial charge in [-0.1, -0.05) is 38.8 Å². The van der Waals surface area contributed by atoms with E-state index in [-0.39, 0.29) is 42.7 Å². The average Bonchev–Trinajstić information content (AvgIpc) is 3.26. The Bertz CT molecular complexity index is 978. The summed E-state index contributed by atoms with van der Waals surface area (Å²) in [5.74, 6) is -0.842. The first-order valence-electron chi connectivity index (χ1n) is 8.92. The molecular weight excluding hydrogens is 524 g/mol. The molecule has 0 saturated carbocycles. The zero-order valence-electron chi connectivity index (χ0n) is 15.1. The maximum absolute atomic E-state index is 13.4. The van der Waals surface area contributed by atoms with Crippen molar-refractivity contribution in [3.8, 4) is 0 Å². The Morgan fingerprint density at radius 2 is 1.79 bits per heavy atom. The van der Waals surface area contributed by atoms with Gasteiger partial charge in [0.1, 0.15) is 0 Å². The second-order valence-electron chi connectivity index (χ2n) is 6.82. The van der Waals surface area contributed by atoms with Crippen LogP contribution < -0.4 is 0 Å². The van der Waals surface area contributed by atoms with Crippen LogP contribution in [0.3, 0.4) is 0 Å². The molecule has 0 saturated heterocycles. The predicted molar refractivity (Wildman–Crippen MR) is 92.9 cm³/mol. The Labute approximate surface area is 189 Å². The monoisotopic (exact) mass is 541 g/mol. The second kappa shape index (κ2) is 6.49. The third-order valence-electron chi connectivity index (χ3n) is 5.63. The number of rotatable bonds is 2. The molecule has 153 valence electrons. The number of fused-ring (bicyclic) bond motifs is 4. The molecule has 0 spiro atoms. The van der Waals surface area contributed by atoms with Crippen LogP contribution in [-0.2, 0) is 11.7 Å². The summed E-state index contributed by atoms with van der Waals surface area (Å²) in [5.41, 5.74) is 1.84. The van der Waals surface area contributed by atoms with E-state index >= 15 is 0 Å². The second-order valence-corrected chi connectivity index (χ2v) is 6.82. The topological polar surface area (TPSA) is 37.2 Å². The standard InChI is InChI=1S/C19H17F3N5.Tm/c1-3-18(4-2)17-25-11-6-5-8-12(25)13-9-7-10-14(26(13)17)15-23-16(19(20,21)22)24-27(15)18;/h5-11H,3-4H2,1-2H3;/q-1;. The fourth-order valence-electron chi connectivity index (χ4n) is 4.35. The Kier molecular flexibility index (Phi) is 4.58. The van der Waals surface area contributed by atoms with E-state index in [1.807, 2.05) is 55.3 Å². The summed E-state index contributed by atoms with van der Waals surface area (Å²) in [6.45, 7) is 3.95. The molecule has 1 aromatic heterocycles. The van der Waals surface area contributed by atoms with E-state index in [2.05, 4.69) is 15.0 Å². The van der Waals surface area contributed by atoms with Gasteiger partial charge in [0.25, 0.3) is 5.82 Å². The maximum Gasteiger partial charge on any atom is 0.453 e. The van der Waals surface area contributed by atoms with Gasteiger partial charge >= 0.3 is 6.18 Å². The van der Waals surface area contributed by atoms with Crippen LogP contribution in [-0.4, -0.2) is 24.6 Å². The number of hydrogen-bond donors (Lipinski definition) is 0.